The van der Waals surface area contributed by atoms with Gasteiger partial charge in [0, 0.05) is 30.2 Å². The Morgan fingerprint density at radius 1 is 0.895 bits per heavy atom. The second-order valence-electron chi connectivity index (χ2n) is 11.1. The van der Waals surface area contributed by atoms with Gasteiger partial charge in [-0.15, -0.1) is 0 Å². The highest BCUT2D eigenvalue weighted by Crippen LogP contribution is 2.44. The summed E-state index contributed by atoms with van der Waals surface area (Å²) in [7, 11) is 1.54. The van der Waals surface area contributed by atoms with Crippen molar-refractivity contribution in [3.05, 3.63) is 58.6 Å². The molecule has 6 rings (SSSR count). The van der Waals surface area contributed by atoms with Crippen molar-refractivity contribution >= 4 is 22.6 Å². The summed E-state index contributed by atoms with van der Waals surface area (Å²) in [6.45, 7) is 0. The van der Waals surface area contributed by atoms with E-state index in [4.69, 9.17) is 4.74 Å². The molecule has 8 nitrogen and oxygen atoms in total. The first-order valence-corrected chi connectivity index (χ1v) is 14.2. The van der Waals surface area contributed by atoms with Crippen LogP contribution in [0.4, 0.5) is 5.69 Å². The molecule has 3 fully saturated rings. The van der Waals surface area contributed by atoms with E-state index in [1.165, 1.54) is 71.1 Å². The van der Waals surface area contributed by atoms with Crippen LogP contribution in [-0.4, -0.2) is 50.6 Å². The lowest BCUT2D eigenvalue weighted by molar-refractivity contribution is 0.0497. The normalized spacial score (nSPS) is 24.6. The lowest BCUT2D eigenvalue weighted by Crippen LogP contribution is -2.50. The number of hydrogen-bond acceptors (Lipinski definition) is 6. The molecule has 0 unspecified atom stereocenters. The summed E-state index contributed by atoms with van der Waals surface area (Å²) in [6, 6.07) is 12.8. The van der Waals surface area contributed by atoms with Gasteiger partial charge in [-0.25, -0.2) is 9.97 Å². The molecule has 1 N–H and O–H groups in total. The van der Waals surface area contributed by atoms with E-state index in [0.717, 1.165) is 18.4 Å². The Bertz CT molecular complexity index is 1330. The molecule has 0 radical (unpaired) electrons. The van der Waals surface area contributed by atoms with Gasteiger partial charge in [-0.05, 0) is 56.7 Å². The number of ether oxygens (including phenoxy) is 1. The minimum Gasteiger partial charge on any atom is -0.481 e. The minimum atomic E-state index is -0.517. The molecule has 1 saturated carbocycles. The van der Waals surface area contributed by atoms with Crippen LogP contribution in [0, 0.1) is 0 Å². The van der Waals surface area contributed by atoms with E-state index < -0.39 is 5.91 Å². The Balaban J connectivity index is 1.30. The number of hydrogen-bond donors (Lipinski definition) is 1. The van der Waals surface area contributed by atoms with Crippen molar-refractivity contribution < 1.29 is 9.53 Å². The molecule has 200 valence electrons. The van der Waals surface area contributed by atoms with E-state index in [2.05, 4.69) is 20.2 Å². The van der Waals surface area contributed by atoms with Gasteiger partial charge in [0.1, 0.15) is 0 Å². The molecule has 1 aliphatic carbocycles. The monoisotopic (exact) mass is 515 g/mol. The third-order valence-corrected chi connectivity index (χ3v) is 8.84. The number of carbonyl (C=O) groups excluding carboxylic acids is 1. The fourth-order valence-corrected chi connectivity index (χ4v) is 7.15. The molecule has 2 bridgehead atoms. The summed E-state index contributed by atoms with van der Waals surface area (Å²) in [4.78, 5) is 38.7. The number of rotatable bonds is 5. The largest absolute Gasteiger partial charge is 0.481 e. The van der Waals surface area contributed by atoms with Crippen LogP contribution in [0.25, 0.3) is 11.0 Å². The van der Waals surface area contributed by atoms with Gasteiger partial charge in [0.2, 0.25) is 5.88 Å². The number of aromatic nitrogens is 3. The van der Waals surface area contributed by atoms with E-state index >= 15 is 0 Å². The van der Waals surface area contributed by atoms with Crippen molar-refractivity contribution in [3.63, 3.8) is 0 Å². The number of anilines is 1. The Labute approximate surface area is 223 Å². The van der Waals surface area contributed by atoms with Gasteiger partial charge < -0.3 is 14.6 Å². The van der Waals surface area contributed by atoms with Crippen molar-refractivity contribution in [2.75, 3.05) is 12.4 Å². The number of nitrogens with one attached hydrogen (secondary N) is 1. The van der Waals surface area contributed by atoms with Gasteiger partial charge in [0.15, 0.2) is 5.69 Å². The van der Waals surface area contributed by atoms with Crippen molar-refractivity contribution in [2.24, 2.45) is 0 Å². The van der Waals surface area contributed by atoms with E-state index in [-0.39, 0.29) is 17.3 Å². The highest BCUT2D eigenvalue weighted by molar-refractivity contribution is 6.03. The third-order valence-electron chi connectivity index (χ3n) is 8.84. The van der Waals surface area contributed by atoms with Gasteiger partial charge in [-0.3, -0.25) is 14.5 Å². The number of methoxy groups -OCH3 is 1. The van der Waals surface area contributed by atoms with E-state index in [1.54, 1.807) is 12.1 Å². The van der Waals surface area contributed by atoms with Gasteiger partial charge >= 0.3 is 0 Å². The minimum absolute atomic E-state index is 0.0620. The van der Waals surface area contributed by atoms with Crippen LogP contribution in [0.3, 0.4) is 0 Å². The van der Waals surface area contributed by atoms with Gasteiger partial charge in [0.25, 0.3) is 11.5 Å². The van der Waals surface area contributed by atoms with Crippen LogP contribution in [-0.2, 0) is 0 Å². The third kappa shape index (κ3) is 4.82. The van der Waals surface area contributed by atoms with Crippen LogP contribution in [0.5, 0.6) is 5.88 Å². The molecule has 3 aromatic rings. The van der Waals surface area contributed by atoms with E-state index in [9.17, 15) is 9.59 Å². The van der Waals surface area contributed by atoms with Gasteiger partial charge in [-0.2, -0.15) is 0 Å². The van der Waals surface area contributed by atoms with E-state index in [0.29, 0.717) is 35.2 Å². The molecule has 3 atom stereocenters. The first kappa shape index (κ1) is 25.0. The first-order valence-electron chi connectivity index (χ1n) is 14.2. The summed E-state index contributed by atoms with van der Waals surface area (Å²) >= 11 is 0. The van der Waals surface area contributed by atoms with Crippen LogP contribution < -0.4 is 15.6 Å². The molecule has 1 aromatic carbocycles. The summed E-state index contributed by atoms with van der Waals surface area (Å²) in [5.74, 6) is -0.0639. The topological polar surface area (TPSA) is 89.4 Å². The molecule has 2 saturated heterocycles. The first-order chi connectivity index (χ1) is 18.6. The Kier molecular flexibility index (Phi) is 7.15. The predicted molar refractivity (Wildman–Crippen MR) is 148 cm³/mol. The van der Waals surface area contributed by atoms with Crippen molar-refractivity contribution in [1.82, 2.24) is 19.4 Å². The summed E-state index contributed by atoms with van der Waals surface area (Å²) in [5, 5.41) is 2.80. The highest BCUT2D eigenvalue weighted by Gasteiger charge is 2.44. The summed E-state index contributed by atoms with van der Waals surface area (Å²) in [6.07, 6.45) is 15.2. The molecule has 3 aliphatic rings. The molecule has 1 amide bonds. The van der Waals surface area contributed by atoms with Gasteiger partial charge in [-0.1, -0.05) is 44.2 Å². The average Bonchev–Trinajstić information content (AvgIpc) is 3.17. The van der Waals surface area contributed by atoms with Crippen LogP contribution >= 0.6 is 0 Å². The SMILES string of the molecule is COc1ccc(NC(=O)c2nc3ccccc3n([C@@H]3C[C@H]4CC[C@@H](C3)N4C3CCCCCCC3)c2=O)cn1. The smallest absolute Gasteiger partial charge is 0.282 e. The fourth-order valence-electron chi connectivity index (χ4n) is 7.15. The molecular formula is C30H37N5O3. The average molecular weight is 516 g/mol. The summed E-state index contributed by atoms with van der Waals surface area (Å²) in [5.41, 5.74) is 1.58. The standard InChI is InChI=1S/C30H37N5O3/c1-38-27-16-13-20(19-31-27)32-29(36)28-30(37)35(26-12-8-7-11-25(26)33-28)24-17-22-14-15-23(18-24)34(22)21-9-5-3-2-4-6-10-21/h7-8,11-13,16,19,21-24H,2-6,9-10,14-15,17-18H2,1H3,(H,32,36)/t22-,23+,24-. The number of benzene rings is 1. The van der Waals surface area contributed by atoms with Crippen molar-refractivity contribution in [1.29, 1.82) is 0 Å². The Hall–Kier alpha value is -3.26. The predicted octanol–water partition coefficient (Wildman–Crippen LogP) is 5.33. The Morgan fingerprint density at radius 3 is 2.29 bits per heavy atom. The number of para-hydroxylation sites is 2. The number of nitrogens with zero attached hydrogens (tertiary/aromatic N) is 4. The molecular weight excluding hydrogens is 478 g/mol. The van der Waals surface area contributed by atoms with Crippen molar-refractivity contribution in [2.45, 2.75) is 94.8 Å². The molecule has 38 heavy (non-hydrogen) atoms. The Morgan fingerprint density at radius 2 is 1.61 bits per heavy atom. The molecule has 0 spiro atoms. The molecule has 2 aromatic heterocycles. The quantitative estimate of drug-likeness (QED) is 0.494. The fraction of sp³-hybridized carbons (Fsp3) is 0.533. The van der Waals surface area contributed by atoms with Crippen molar-refractivity contribution in [3.8, 4) is 5.88 Å². The maximum atomic E-state index is 13.9. The summed E-state index contributed by atoms with van der Waals surface area (Å²) < 4.78 is 6.98. The lowest BCUT2D eigenvalue weighted by Gasteiger charge is -2.45. The number of piperidine rings is 1. The van der Waals surface area contributed by atoms with Crippen LogP contribution in [0.2, 0.25) is 0 Å². The van der Waals surface area contributed by atoms with E-state index in [1.807, 2.05) is 28.8 Å². The van der Waals surface area contributed by atoms with Gasteiger partial charge in [0.05, 0.1) is 30.0 Å². The highest BCUT2D eigenvalue weighted by atomic mass is 16.5. The second-order valence-corrected chi connectivity index (χ2v) is 11.1. The second kappa shape index (κ2) is 10.8. The lowest BCUT2D eigenvalue weighted by atomic mass is 9.89. The zero-order valence-corrected chi connectivity index (χ0v) is 22.1. The van der Waals surface area contributed by atoms with Crippen LogP contribution in [0.1, 0.15) is 87.2 Å². The zero-order chi connectivity index (χ0) is 26.1. The number of carbonyl (C=O) groups is 1. The molecule has 4 heterocycles. The number of pyridine rings is 1. The molecule has 2 aliphatic heterocycles. The maximum Gasteiger partial charge on any atom is 0.282 e. The van der Waals surface area contributed by atoms with Crippen LogP contribution in [0.15, 0.2) is 47.4 Å². The molecule has 8 heteroatoms. The zero-order valence-electron chi connectivity index (χ0n) is 22.1. The number of amides is 1. The maximum absolute atomic E-state index is 13.9. The number of fused-ring (bicyclic) bond motifs is 3.